The zero-order chi connectivity index (χ0) is 13.8. The molecule has 19 heavy (non-hydrogen) atoms. The first-order chi connectivity index (χ1) is 9.11. The van der Waals surface area contributed by atoms with Crippen molar-refractivity contribution in [1.29, 1.82) is 5.26 Å². The Morgan fingerprint density at radius 1 is 1.53 bits per heavy atom. The van der Waals surface area contributed by atoms with Crippen LogP contribution in [0.25, 0.3) is 11.1 Å². The van der Waals surface area contributed by atoms with E-state index in [2.05, 4.69) is 5.32 Å². The molecule has 1 heterocycles. The summed E-state index contributed by atoms with van der Waals surface area (Å²) in [6.45, 7) is 0.361. The molecule has 1 aromatic heterocycles. The van der Waals surface area contributed by atoms with Crippen molar-refractivity contribution in [3.63, 3.8) is 0 Å². The van der Waals surface area contributed by atoms with E-state index in [1.807, 2.05) is 6.07 Å². The lowest BCUT2D eigenvalue weighted by Gasteiger charge is -2.04. The number of hydrogen-bond acceptors (Lipinski definition) is 4. The summed E-state index contributed by atoms with van der Waals surface area (Å²) < 4.78 is 6.43. The van der Waals surface area contributed by atoms with E-state index in [-0.39, 0.29) is 18.7 Å². The molecule has 0 aliphatic heterocycles. The fourth-order valence-electron chi connectivity index (χ4n) is 1.74. The van der Waals surface area contributed by atoms with E-state index in [0.717, 1.165) is 5.56 Å². The number of fused-ring (bicyclic) bond motifs is 1. The number of benzene rings is 1. The fraction of sp³-hybridized carbons (Fsp3) is 0.308. The third kappa shape index (κ3) is 2.83. The van der Waals surface area contributed by atoms with Crippen molar-refractivity contribution in [2.75, 3.05) is 0 Å². The number of aryl methyl sites for hydroxylation is 1. The maximum absolute atomic E-state index is 11.4. The number of nitrogens with one attached hydrogen (secondary N) is 1. The van der Waals surface area contributed by atoms with Crippen LogP contribution in [0.4, 0.5) is 0 Å². The third-order valence-corrected chi connectivity index (χ3v) is 2.81. The fourth-order valence-corrected chi connectivity index (χ4v) is 1.74. The monoisotopic (exact) mass is 259 g/mol. The van der Waals surface area contributed by atoms with E-state index in [9.17, 15) is 9.59 Å². The highest BCUT2D eigenvalue weighted by Gasteiger charge is 2.07. The van der Waals surface area contributed by atoms with Crippen LogP contribution in [-0.4, -0.2) is 10.5 Å². The van der Waals surface area contributed by atoms with Gasteiger partial charge < -0.3 is 9.73 Å². The van der Waals surface area contributed by atoms with Crippen molar-refractivity contribution in [1.82, 2.24) is 9.88 Å². The molecule has 0 fully saturated rings. The van der Waals surface area contributed by atoms with Crippen LogP contribution in [0.15, 0.2) is 27.4 Å². The van der Waals surface area contributed by atoms with Gasteiger partial charge in [0.15, 0.2) is 5.58 Å². The van der Waals surface area contributed by atoms with E-state index < -0.39 is 5.76 Å². The molecule has 0 saturated carbocycles. The second-order valence-corrected chi connectivity index (χ2v) is 4.16. The van der Waals surface area contributed by atoms with E-state index >= 15 is 0 Å². The first-order valence-corrected chi connectivity index (χ1v) is 5.84. The first-order valence-electron chi connectivity index (χ1n) is 5.84. The molecule has 0 saturated heterocycles. The standard InChI is InChI=1S/C13H13N3O3/c1-16-10-7-9(4-5-11(10)19-13(16)18)8-15-12(17)3-2-6-14/h4-5,7H,2-3,8H2,1H3,(H,15,17). The smallest absolute Gasteiger partial charge is 0.408 e. The largest absolute Gasteiger partial charge is 0.419 e. The number of amides is 1. The molecule has 98 valence electrons. The average molecular weight is 259 g/mol. The summed E-state index contributed by atoms with van der Waals surface area (Å²) >= 11 is 0. The Bertz CT molecular complexity index is 706. The predicted octanol–water partition coefficient (Wildman–Crippen LogP) is 1.05. The molecular weight excluding hydrogens is 246 g/mol. The molecule has 0 bridgehead atoms. The summed E-state index contributed by atoms with van der Waals surface area (Å²) in [6, 6.07) is 7.21. The van der Waals surface area contributed by atoms with Gasteiger partial charge in [-0.1, -0.05) is 6.07 Å². The summed E-state index contributed by atoms with van der Waals surface area (Å²) in [5.41, 5.74) is 2.08. The van der Waals surface area contributed by atoms with Gasteiger partial charge in [0.1, 0.15) is 0 Å². The Morgan fingerprint density at radius 2 is 2.32 bits per heavy atom. The molecule has 6 nitrogen and oxygen atoms in total. The molecule has 0 atom stereocenters. The Kier molecular flexibility index (Phi) is 3.66. The second-order valence-electron chi connectivity index (χ2n) is 4.16. The number of aromatic nitrogens is 1. The summed E-state index contributed by atoms with van der Waals surface area (Å²) in [7, 11) is 1.63. The van der Waals surface area contributed by atoms with Crippen LogP contribution in [0.1, 0.15) is 18.4 Å². The minimum atomic E-state index is -0.412. The highest BCUT2D eigenvalue weighted by atomic mass is 16.4. The van der Waals surface area contributed by atoms with Gasteiger partial charge in [0.2, 0.25) is 5.91 Å². The van der Waals surface area contributed by atoms with Crippen LogP contribution in [0.5, 0.6) is 0 Å². The minimum Gasteiger partial charge on any atom is -0.408 e. The summed E-state index contributed by atoms with van der Waals surface area (Å²) in [5.74, 6) is -0.576. The highest BCUT2D eigenvalue weighted by molar-refractivity contribution is 5.77. The highest BCUT2D eigenvalue weighted by Crippen LogP contribution is 2.14. The molecule has 0 aliphatic carbocycles. The number of hydrogen-bond donors (Lipinski definition) is 1. The number of nitrogens with zero attached hydrogens (tertiary/aromatic N) is 2. The molecule has 6 heteroatoms. The Morgan fingerprint density at radius 3 is 3.05 bits per heavy atom. The van der Waals surface area contributed by atoms with Gasteiger partial charge in [-0.2, -0.15) is 5.26 Å². The maximum atomic E-state index is 11.4. The van der Waals surface area contributed by atoms with Crippen molar-refractivity contribution in [3.8, 4) is 6.07 Å². The van der Waals surface area contributed by atoms with E-state index in [0.29, 0.717) is 17.6 Å². The lowest BCUT2D eigenvalue weighted by molar-refractivity contribution is -0.121. The molecule has 2 aromatic rings. The summed E-state index contributed by atoms with van der Waals surface area (Å²) in [6.07, 6.45) is 0.407. The molecule has 2 rings (SSSR count). The molecule has 0 radical (unpaired) electrons. The molecule has 1 aromatic carbocycles. The molecule has 1 amide bonds. The minimum absolute atomic E-state index is 0.164. The zero-order valence-corrected chi connectivity index (χ0v) is 10.5. The maximum Gasteiger partial charge on any atom is 0.419 e. The van der Waals surface area contributed by atoms with Crippen LogP contribution in [0.2, 0.25) is 0 Å². The van der Waals surface area contributed by atoms with Crippen LogP contribution in [0.3, 0.4) is 0 Å². The molecule has 0 unspecified atom stereocenters. The lowest BCUT2D eigenvalue weighted by Crippen LogP contribution is -2.22. The molecule has 1 N–H and O–H groups in total. The quantitative estimate of drug-likeness (QED) is 0.888. The molecule has 0 aliphatic rings. The van der Waals surface area contributed by atoms with E-state index in [1.54, 1.807) is 25.2 Å². The second kappa shape index (κ2) is 5.40. The molecule has 0 spiro atoms. The summed E-state index contributed by atoms with van der Waals surface area (Å²) in [4.78, 5) is 22.7. The zero-order valence-electron chi connectivity index (χ0n) is 10.5. The van der Waals surface area contributed by atoms with Gasteiger partial charge in [0.05, 0.1) is 11.6 Å². The predicted molar refractivity (Wildman–Crippen MR) is 68.1 cm³/mol. The van der Waals surface area contributed by atoms with Gasteiger partial charge in [-0.15, -0.1) is 0 Å². The topological polar surface area (TPSA) is 88.0 Å². The van der Waals surface area contributed by atoms with E-state index in [4.69, 9.17) is 9.68 Å². The van der Waals surface area contributed by atoms with Crippen LogP contribution >= 0.6 is 0 Å². The van der Waals surface area contributed by atoms with Gasteiger partial charge in [0, 0.05) is 26.4 Å². The number of carbonyl (C=O) groups excluding carboxylic acids is 1. The molecular formula is C13H13N3O3. The van der Waals surface area contributed by atoms with Crippen LogP contribution in [-0.2, 0) is 18.4 Å². The first kappa shape index (κ1) is 12.9. The van der Waals surface area contributed by atoms with E-state index in [1.165, 1.54) is 4.57 Å². The van der Waals surface area contributed by atoms with Crippen molar-refractivity contribution in [3.05, 3.63) is 34.3 Å². The van der Waals surface area contributed by atoms with Crippen LogP contribution < -0.4 is 11.1 Å². The van der Waals surface area contributed by atoms with Crippen molar-refractivity contribution < 1.29 is 9.21 Å². The normalized spacial score (nSPS) is 10.3. The van der Waals surface area contributed by atoms with Gasteiger partial charge in [0.25, 0.3) is 0 Å². The van der Waals surface area contributed by atoms with Gasteiger partial charge in [-0.25, -0.2) is 4.79 Å². The number of rotatable bonds is 4. The van der Waals surface area contributed by atoms with Gasteiger partial charge in [-0.3, -0.25) is 9.36 Å². The number of nitriles is 1. The van der Waals surface area contributed by atoms with Crippen molar-refractivity contribution in [2.24, 2.45) is 7.05 Å². The SMILES string of the molecule is Cn1c(=O)oc2ccc(CNC(=O)CCC#N)cc21. The average Bonchev–Trinajstić information content (AvgIpc) is 2.69. The lowest BCUT2D eigenvalue weighted by atomic mass is 10.2. The van der Waals surface area contributed by atoms with Gasteiger partial charge in [-0.05, 0) is 17.7 Å². The Balaban J connectivity index is 2.10. The number of oxazole rings is 1. The Labute approximate surface area is 109 Å². The Hall–Kier alpha value is -2.55. The number of carbonyl (C=O) groups is 1. The third-order valence-electron chi connectivity index (χ3n) is 2.81. The van der Waals surface area contributed by atoms with Crippen molar-refractivity contribution >= 4 is 17.0 Å². The van der Waals surface area contributed by atoms with Crippen molar-refractivity contribution in [2.45, 2.75) is 19.4 Å². The van der Waals surface area contributed by atoms with Crippen LogP contribution in [0, 0.1) is 11.3 Å². The van der Waals surface area contributed by atoms with Gasteiger partial charge >= 0.3 is 5.76 Å². The summed E-state index contributed by atoms with van der Waals surface area (Å²) in [5, 5.41) is 11.1.